The summed E-state index contributed by atoms with van der Waals surface area (Å²) in [5.41, 5.74) is 11.7. The molecule has 0 saturated heterocycles. The smallest absolute Gasteiger partial charge is 0.325 e. The standard InChI is InChI=1S/C20H31N5O5/c1-13(20(29)30)23-18(27)15(9-5-6-10-21)25-19(28)16(24-17(26)12-22)11-14-7-3-2-4-8-14/h2-4,7-8,13,15-16H,5-6,9-12,21-22H2,1H3,(H,23,27)(H,24,26)(H,25,28)(H,29,30). The van der Waals surface area contributed by atoms with Gasteiger partial charge in [0.1, 0.15) is 18.1 Å². The molecule has 1 rings (SSSR count). The van der Waals surface area contributed by atoms with Gasteiger partial charge in [-0.05, 0) is 38.3 Å². The third-order valence-electron chi connectivity index (χ3n) is 4.43. The minimum absolute atomic E-state index is 0.209. The number of carbonyl (C=O) groups excluding carboxylic acids is 3. The molecule has 3 unspecified atom stereocenters. The number of carboxylic acids is 1. The second-order valence-corrected chi connectivity index (χ2v) is 6.93. The molecule has 30 heavy (non-hydrogen) atoms. The molecule has 166 valence electrons. The fourth-order valence-electron chi connectivity index (χ4n) is 2.72. The first-order chi connectivity index (χ1) is 14.3. The van der Waals surface area contributed by atoms with Crippen LogP contribution in [0.15, 0.2) is 30.3 Å². The Kier molecular flexibility index (Phi) is 11.1. The molecule has 1 aromatic carbocycles. The summed E-state index contributed by atoms with van der Waals surface area (Å²) >= 11 is 0. The first kappa shape index (κ1) is 25.1. The van der Waals surface area contributed by atoms with Crippen molar-refractivity contribution < 1.29 is 24.3 Å². The highest BCUT2D eigenvalue weighted by atomic mass is 16.4. The van der Waals surface area contributed by atoms with E-state index in [0.29, 0.717) is 19.4 Å². The summed E-state index contributed by atoms with van der Waals surface area (Å²) in [5.74, 6) is -2.86. The fourth-order valence-corrected chi connectivity index (χ4v) is 2.72. The fraction of sp³-hybridized carbons (Fsp3) is 0.500. The van der Waals surface area contributed by atoms with E-state index >= 15 is 0 Å². The van der Waals surface area contributed by atoms with Crippen molar-refractivity contribution in [1.29, 1.82) is 0 Å². The van der Waals surface area contributed by atoms with Gasteiger partial charge in [0.15, 0.2) is 0 Å². The largest absolute Gasteiger partial charge is 0.480 e. The molecule has 0 radical (unpaired) electrons. The van der Waals surface area contributed by atoms with Crippen molar-refractivity contribution >= 4 is 23.7 Å². The van der Waals surface area contributed by atoms with Crippen LogP contribution in [0.4, 0.5) is 0 Å². The summed E-state index contributed by atoms with van der Waals surface area (Å²) in [6.45, 7) is 1.48. The van der Waals surface area contributed by atoms with Gasteiger partial charge >= 0.3 is 5.97 Å². The van der Waals surface area contributed by atoms with E-state index in [0.717, 1.165) is 5.56 Å². The minimum atomic E-state index is -1.19. The van der Waals surface area contributed by atoms with Crippen molar-refractivity contribution in [3.8, 4) is 0 Å². The average Bonchev–Trinajstić information content (AvgIpc) is 2.72. The normalized spacial score (nSPS) is 13.6. The number of hydrogen-bond acceptors (Lipinski definition) is 6. The molecule has 0 aromatic heterocycles. The van der Waals surface area contributed by atoms with E-state index in [1.165, 1.54) is 6.92 Å². The van der Waals surface area contributed by atoms with Crippen LogP contribution < -0.4 is 27.4 Å². The topological polar surface area (TPSA) is 177 Å². The van der Waals surface area contributed by atoms with Gasteiger partial charge in [0.25, 0.3) is 0 Å². The van der Waals surface area contributed by atoms with Crippen molar-refractivity contribution in [2.45, 2.75) is 50.7 Å². The molecule has 3 amide bonds. The molecular weight excluding hydrogens is 390 g/mol. The Morgan fingerprint density at radius 3 is 2.13 bits per heavy atom. The summed E-state index contributed by atoms with van der Waals surface area (Å²) < 4.78 is 0. The summed E-state index contributed by atoms with van der Waals surface area (Å²) in [4.78, 5) is 48.2. The van der Waals surface area contributed by atoms with Crippen LogP contribution in [0.1, 0.15) is 31.7 Å². The lowest BCUT2D eigenvalue weighted by atomic mass is 10.0. The molecule has 8 N–H and O–H groups in total. The van der Waals surface area contributed by atoms with Crippen LogP contribution in [-0.2, 0) is 25.6 Å². The zero-order chi connectivity index (χ0) is 22.5. The highest BCUT2D eigenvalue weighted by Crippen LogP contribution is 2.06. The maximum absolute atomic E-state index is 12.9. The maximum atomic E-state index is 12.9. The Bertz CT molecular complexity index is 713. The first-order valence-corrected chi connectivity index (χ1v) is 9.85. The first-order valence-electron chi connectivity index (χ1n) is 9.85. The summed E-state index contributed by atoms with van der Waals surface area (Å²) in [6, 6.07) is 6.08. The van der Waals surface area contributed by atoms with Gasteiger partial charge in [-0.3, -0.25) is 19.2 Å². The van der Waals surface area contributed by atoms with Gasteiger partial charge in [0, 0.05) is 6.42 Å². The van der Waals surface area contributed by atoms with Gasteiger partial charge in [0.05, 0.1) is 6.54 Å². The van der Waals surface area contributed by atoms with Crippen LogP contribution in [0.5, 0.6) is 0 Å². The Hall–Kier alpha value is -2.98. The second-order valence-electron chi connectivity index (χ2n) is 6.93. The predicted octanol–water partition coefficient (Wildman–Crippen LogP) is -1.12. The number of aliphatic carboxylic acids is 1. The highest BCUT2D eigenvalue weighted by Gasteiger charge is 2.28. The number of carbonyl (C=O) groups is 4. The molecule has 0 aliphatic heterocycles. The number of rotatable bonds is 13. The van der Waals surface area contributed by atoms with Gasteiger partial charge < -0.3 is 32.5 Å². The molecule has 1 aromatic rings. The molecule has 0 fully saturated rings. The molecule has 0 bridgehead atoms. The SMILES string of the molecule is CC(NC(=O)C(CCCCN)NC(=O)C(Cc1ccccc1)NC(=O)CN)C(=O)O. The third-order valence-corrected chi connectivity index (χ3v) is 4.43. The number of unbranched alkanes of at least 4 members (excludes halogenated alkanes) is 1. The van der Waals surface area contributed by atoms with Gasteiger partial charge in [-0.15, -0.1) is 0 Å². The van der Waals surface area contributed by atoms with E-state index in [1.807, 2.05) is 30.3 Å². The van der Waals surface area contributed by atoms with Crippen LogP contribution in [-0.4, -0.2) is 60.0 Å². The van der Waals surface area contributed by atoms with Crippen LogP contribution in [0.3, 0.4) is 0 Å². The number of nitrogens with two attached hydrogens (primary N) is 2. The molecular formula is C20H31N5O5. The third kappa shape index (κ3) is 9.01. The zero-order valence-electron chi connectivity index (χ0n) is 17.1. The quantitative estimate of drug-likeness (QED) is 0.218. The van der Waals surface area contributed by atoms with Crippen molar-refractivity contribution in [3.05, 3.63) is 35.9 Å². The molecule has 10 nitrogen and oxygen atoms in total. The molecule has 3 atom stereocenters. The number of benzene rings is 1. The van der Waals surface area contributed by atoms with Crippen LogP contribution in [0.25, 0.3) is 0 Å². The lowest BCUT2D eigenvalue weighted by Crippen LogP contribution is -2.56. The van der Waals surface area contributed by atoms with E-state index in [1.54, 1.807) is 0 Å². The van der Waals surface area contributed by atoms with E-state index in [2.05, 4.69) is 16.0 Å². The molecule has 0 aliphatic rings. The van der Waals surface area contributed by atoms with Gasteiger partial charge in [-0.1, -0.05) is 30.3 Å². The Morgan fingerprint density at radius 1 is 0.933 bits per heavy atom. The number of carboxylic acid groups (broad SMARTS) is 1. The van der Waals surface area contributed by atoms with Crippen molar-refractivity contribution in [1.82, 2.24) is 16.0 Å². The highest BCUT2D eigenvalue weighted by molar-refractivity contribution is 5.93. The van der Waals surface area contributed by atoms with Crippen LogP contribution in [0.2, 0.25) is 0 Å². The second kappa shape index (κ2) is 13.3. The molecule has 0 heterocycles. The van der Waals surface area contributed by atoms with Crippen LogP contribution >= 0.6 is 0 Å². The number of amides is 3. The van der Waals surface area contributed by atoms with E-state index in [-0.39, 0.29) is 19.4 Å². The lowest BCUT2D eigenvalue weighted by Gasteiger charge is -2.24. The van der Waals surface area contributed by atoms with E-state index in [4.69, 9.17) is 16.6 Å². The average molecular weight is 421 g/mol. The zero-order valence-corrected chi connectivity index (χ0v) is 17.1. The van der Waals surface area contributed by atoms with Crippen molar-refractivity contribution in [2.75, 3.05) is 13.1 Å². The Morgan fingerprint density at radius 2 is 1.57 bits per heavy atom. The van der Waals surface area contributed by atoms with E-state index in [9.17, 15) is 19.2 Å². The monoisotopic (exact) mass is 421 g/mol. The van der Waals surface area contributed by atoms with Gasteiger partial charge in [-0.25, -0.2) is 0 Å². The Balaban J connectivity index is 2.93. The van der Waals surface area contributed by atoms with Gasteiger partial charge in [-0.2, -0.15) is 0 Å². The summed E-state index contributed by atoms with van der Waals surface area (Å²) in [7, 11) is 0. The van der Waals surface area contributed by atoms with E-state index < -0.39 is 41.8 Å². The van der Waals surface area contributed by atoms with Crippen molar-refractivity contribution in [2.24, 2.45) is 11.5 Å². The summed E-state index contributed by atoms with van der Waals surface area (Å²) in [6.07, 6.45) is 1.70. The Labute approximate surface area is 175 Å². The molecule has 0 saturated carbocycles. The molecule has 10 heteroatoms. The predicted molar refractivity (Wildman–Crippen MR) is 111 cm³/mol. The molecule has 0 spiro atoms. The van der Waals surface area contributed by atoms with Crippen molar-refractivity contribution in [3.63, 3.8) is 0 Å². The summed E-state index contributed by atoms with van der Waals surface area (Å²) in [5, 5.41) is 16.6. The lowest BCUT2D eigenvalue weighted by molar-refractivity contribution is -0.141. The number of hydrogen-bond donors (Lipinski definition) is 6. The molecule has 0 aliphatic carbocycles. The maximum Gasteiger partial charge on any atom is 0.325 e. The van der Waals surface area contributed by atoms with Gasteiger partial charge in [0.2, 0.25) is 17.7 Å². The number of nitrogens with one attached hydrogen (secondary N) is 3. The minimum Gasteiger partial charge on any atom is -0.480 e. The van der Waals surface area contributed by atoms with Crippen LogP contribution in [0, 0.1) is 0 Å².